The molecule has 0 spiro atoms. The molecule has 28 heavy (non-hydrogen) atoms. The molecule has 3 aromatic heterocycles. The second-order valence-corrected chi connectivity index (χ2v) is 8.86. The first kappa shape index (κ1) is 19.8. The van der Waals surface area contributed by atoms with Gasteiger partial charge in [-0.2, -0.15) is 10.2 Å². The van der Waals surface area contributed by atoms with Gasteiger partial charge in [-0.1, -0.05) is 6.58 Å². The first-order valence-electron chi connectivity index (χ1n) is 8.88. The van der Waals surface area contributed by atoms with Crippen LogP contribution in [0, 0.1) is 13.8 Å². The van der Waals surface area contributed by atoms with Crippen molar-refractivity contribution in [2.45, 2.75) is 26.0 Å². The summed E-state index contributed by atoms with van der Waals surface area (Å²) in [4.78, 5) is 4.87. The van der Waals surface area contributed by atoms with Crippen LogP contribution in [0.4, 0.5) is 0 Å². The van der Waals surface area contributed by atoms with Crippen LogP contribution in [0.25, 0.3) is 28.2 Å². The van der Waals surface area contributed by atoms with Crippen LogP contribution in [0.15, 0.2) is 12.6 Å². The van der Waals surface area contributed by atoms with Crippen LogP contribution < -0.4 is 10.5 Å². The first-order chi connectivity index (χ1) is 13.4. The highest BCUT2D eigenvalue weighted by Crippen LogP contribution is 2.38. The summed E-state index contributed by atoms with van der Waals surface area (Å²) in [6.45, 7) is 8.84. The van der Waals surface area contributed by atoms with Crippen LogP contribution >= 0.6 is 28.4 Å². The monoisotopic (exact) mass is 512 g/mol. The van der Waals surface area contributed by atoms with Gasteiger partial charge in [0.1, 0.15) is 6.10 Å². The van der Waals surface area contributed by atoms with E-state index in [0.29, 0.717) is 25.5 Å². The molecule has 0 amide bonds. The lowest BCUT2D eigenvalue weighted by molar-refractivity contribution is 0.133. The highest BCUT2D eigenvalue weighted by molar-refractivity contribution is 14.2. The molecule has 1 fully saturated rings. The molecule has 0 radical (unpaired) electrons. The molecule has 1 aliphatic rings. The lowest BCUT2D eigenvalue weighted by Crippen LogP contribution is -2.37. The summed E-state index contributed by atoms with van der Waals surface area (Å²) >= 11 is 2.32. The Morgan fingerprint density at radius 2 is 2.14 bits per heavy atom. The van der Waals surface area contributed by atoms with Crippen molar-refractivity contribution in [3.63, 3.8) is 0 Å². The molecule has 0 aromatic carbocycles. The zero-order chi connectivity index (χ0) is 20.0. The number of hydrogen-bond acceptors (Lipinski definition) is 6. The van der Waals surface area contributed by atoms with Crippen LogP contribution in [0.3, 0.4) is 0 Å². The molecule has 4 rings (SSSR count). The molecule has 0 saturated carbocycles. The van der Waals surface area contributed by atoms with E-state index in [-0.39, 0.29) is 12.1 Å². The number of rotatable bonds is 5. The smallest absolute Gasteiger partial charge is 0.221 e. The molecule has 4 heterocycles. The van der Waals surface area contributed by atoms with E-state index in [1.807, 2.05) is 31.4 Å². The van der Waals surface area contributed by atoms with Crippen molar-refractivity contribution in [2.75, 3.05) is 13.2 Å². The number of pyridine rings is 1. The third-order valence-electron chi connectivity index (χ3n) is 4.89. The van der Waals surface area contributed by atoms with Gasteiger partial charge in [0, 0.05) is 12.4 Å². The van der Waals surface area contributed by atoms with Crippen molar-refractivity contribution >= 4 is 45.4 Å². The minimum Gasteiger partial charge on any atom is -0.470 e. The fraction of sp³-hybridized carbons (Fsp3) is 0.389. The van der Waals surface area contributed by atoms with Crippen molar-refractivity contribution in [1.29, 1.82) is 0 Å². The Bertz CT molecular complexity index is 1060. The van der Waals surface area contributed by atoms with Crippen molar-refractivity contribution in [3.8, 4) is 17.1 Å². The van der Waals surface area contributed by atoms with Gasteiger partial charge >= 0.3 is 0 Å². The quantitative estimate of drug-likeness (QED) is 0.418. The minimum atomic E-state index is -0.204. The minimum absolute atomic E-state index is 0.157. The number of nitrogens with two attached hydrogens (primary N) is 1. The zero-order valence-electron chi connectivity index (χ0n) is 15.9. The third-order valence-corrected chi connectivity index (χ3v) is 6.75. The highest BCUT2D eigenvalue weighted by atomic mass is 127. The normalized spacial score (nSPS) is 19.9. The van der Waals surface area contributed by atoms with Crippen LogP contribution in [-0.2, 0) is 11.8 Å². The van der Waals surface area contributed by atoms with Gasteiger partial charge in [0.05, 0.1) is 59.5 Å². The highest BCUT2D eigenvalue weighted by Gasteiger charge is 2.30. The molecule has 3 atom stereocenters. The fourth-order valence-electron chi connectivity index (χ4n) is 3.56. The van der Waals surface area contributed by atoms with Gasteiger partial charge in [-0.05, 0) is 48.0 Å². The standard InChI is InChI=1S/C18H22IN6O2P/c1-5-13-11-6-14(21-10(3)17(11)25(23-13)28-19)16-9(2)22-24(4)18(16)27-15-8-26-7-12(15)20/h5-6,12,15,28H,1,7-8,20H2,2-4H3/t12-,15?/m1/s1. The average Bonchev–Trinajstić information content (AvgIpc) is 3.31. The molecule has 1 aliphatic heterocycles. The van der Waals surface area contributed by atoms with Gasteiger partial charge < -0.3 is 15.2 Å². The van der Waals surface area contributed by atoms with Crippen LogP contribution in [0.5, 0.6) is 5.88 Å². The third kappa shape index (κ3) is 3.24. The zero-order valence-corrected chi connectivity index (χ0v) is 19.1. The molecule has 0 bridgehead atoms. The second-order valence-electron chi connectivity index (χ2n) is 6.82. The molecule has 2 N–H and O–H groups in total. The number of halogens is 1. The Labute approximate surface area is 177 Å². The van der Waals surface area contributed by atoms with E-state index < -0.39 is 0 Å². The Kier molecular flexibility index (Phi) is 5.43. The van der Waals surface area contributed by atoms with Crippen LogP contribution in [0.1, 0.15) is 17.1 Å². The summed E-state index contributed by atoms with van der Waals surface area (Å²) < 4.78 is 15.4. The topological polar surface area (TPSA) is 93.0 Å². The molecule has 10 heteroatoms. The lowest BCUT2D eigenvalue weighted by atomic mass is 10.1. The Morgan fingerprint density at radius 1 is 1.36 bits per heavy atom. The van der Waals surface area contributed by atoms with E-state index in [2.05, 4.69) is 38.8 Å². The molecular weight excluding hydrogens is 490 g/mol. The summed E-state index contributed by atoms with van der Waals surface area (Å²) in [5, 5.41) is 10.2. The van der Waals surface area contributed by atoms with E-state index in [1.165, 1.54) is 0 Å². The summed E-state index contributed by atoms with van der Waals surface area (Å²) in [5.74, 6) is 0.651. The van der Waals surface area contributed by atoms with Gasteiger partial charge in [0.15, 0.2) is 0 Å². The molecule has 2 unspecified atom stereocenters. The number of ether oxygens (including phenoxy) is 2. The second kappa shape index (κ2) is 7.70. The Balaban J connectivity index is 1.87. The van der Waals surface area contributed by atoms with Crippen molar-refractivity contribution in [2.24, 2.45) is 12.8 Å². The first-order valence-corrected chi connectivity index (χ1v) is 12.9. The number of aryl methyl sites for hydroxylation is 3. The molecule has 8 nitrogen and oxygen atoms in total. The molecule has 0 aliphatic carbocycles. The SMILES string of the molecule is C=Cc1nn(PI)c2c(C)nc(-c3c(C)nn(C)c3OC3COC[C@H]3N)cc12. The maximum atomic E-state index is 6.23. The van der Waals surface area contributed by atoms with E-state index in [1.54, 1.807) is 10.8 Å². The van der Waals surface area contributed by atoms with E-state index in [9.17, 15) is 0 Å². The molecule has 3 aromatic rings. The number of aromatic nitrogens is 5. The summed E-state index contributed by atoms with van der Waals surface area (Å²) in [7, 11) is 1.86. The molecule has 148 valence electrons. The van der Waals surface area contributed by atoms with E-state index >= 15 is 0 Å². The van der Waals surface area contributed by atoms with Gasteiger partial charge in [-0.15, -0.1) is 0 Å². The fourth-order valence-corrected chi connectivity index (χ4v) is 5.12. The number of hydrogen-bond donors (Lipinski definition) is 1. The Hall–Kier alpha value is -1.55. The van der Waals surface area contributed by atoms with Crippen LogP contribution in [-0.4, -0.2) is 49.7 Å². The van der Waals surface area contributed by atoms with Crippen molar-refractivity contribution in [3.05, 3.63) is 29.7 Å². The number of nitrogens with zero attached hydrogens (tertiary/aromatic N) is 5. The average molecular weight is 512 g/mol. The summed E-state index contributed by atoms with van der Waals surface area (Å²) in [6, 6.07) is 1.89. The molecule has 1 saturated heterocycles. The maximum Gasteiger partial charge on any atom is 0.221 e. The van der Waals surface area contributed by atoms with Crippen molar-refractivity contribution < 1.29 is 9.47 Å². The number of fused-ring (bicyclic) bond motifs is 1. The van der Waals surface area contributed by atoms with Gasteiger partial charge in [-0.25, -0.2) is 9.13 Å². The molecular formula is C18H22IN6O2P. The van der Waals surface area contributed by atoms with E-state index in [0.717, 1.165) is 39.2 Å². The predicted octanol–water partition coefficient (Wildman–Crippen LogP) is 2.99. The van der Waals surface area contributed by atoms with Crippen molar-refractivity contribution in [1.82, 2.24) is 24.3 Å². The van der Waals surface area contributed by atoms with E-state index in [4.69, 9.17) is 20.2 Å². The van der Waals surface area contributed by atoms with Crippen LogP contribution in [0.2, 0.25) is 0 Å². The summed E-state index contributed by atoms with van der Waals surface area (Å²) in [6.07, 6.45) is 2.06. The lowest BCUT2D eigenvalue weighted by Gasteiger charge is -2.17. The van der Waals surface area contributed by atoms with Gasteiger partial charge in [0.25, 0.3) is 0 Å². The van der Waals surface area contributed by atoms with Gasteiger partial charge in [-0.3, -0.25) is 4.98 Å². The maximum absolute atomic E-state index is 6.23. The summed E-state index contributed by atoms with van der Waals surface area (Å²) in [5.41, 5.74) is 11.4. The van der Waals surface area contributed by atoms with Gasteiger partial charge in [0.2, 0.25) is 5.88 Å². The predicted molar refractivity (Wildman–Crippen MR) is 120 cm³/mol. The largest absolute Gasteiger partial charge is 0.470 e. The Morgan fingerprint density at radius 3 is 2.79 bits per heavy atom.